The number of hydrogen-bond acceptors (Lipinski definition) is 6. The first kappa shape index (κ1) is 11.9. The van der Waals surface area contributed by atoms with Crippen molar-refractivity contribution in [1.82, 2.24) is 4.90 Å². The monoisotopic (exact) mass is 259 g/mol. The number of rotatable bonds is 3. The molecule has 0 bridgehead atoms. The standard InChI is InChI=1S/C10H13NO3S2/c1-2-14-10(13)8-9-11(3-4-15-8)7(5-12)6-16-9/h6,12H,2-5H2,1H3. The Morgan fingerprint density at radius 2 is 2.50 bits per heavy atom. The van der Waals surface area contributed by atoms with Gasteiger partial charge in [-0.3, -0.25) is 0 Å². The second-order valence-corrected chi connectivity index (χ2v) is 5.20. The highest BCUT2D eigenvalue weighted by atomic mass is 32.2. The van der Waals surface area contributed by atoms with Crippen LogP contribution in [-0.2, 0) is 9.53 Å². The van der Waals surface area contributed by atoms with E-state index < -0.39 is 0 Å². The van der Waals surface area contributed by atoms with Gasteiger partial charge in [0.05, 0.1) is 18.9 Å². The fourth-order valence-corrected chi connectivity index (χ4v) is 3.75. The number of hydrogen-bond donors (Lipinski definition) is 1. The summed E-state index contributed by atoms with van der Waals surface area (Å²) in [6.45, 7) is 3.04. The minimum absolute atomic E-state index is 0.0112. The Labute approximate surface area is 103 Å². The van der Waals surface area contributed by atoms with Crippen LogP contribution in [0.3, 0.4) is 0 Å². The van der Waals surface area contributed by atoms with Crippen molar-refractivity contribution in [3.63, 3.8) is 0 Å². The molecule has 0 aromatic rings. The summed E-state index contributed by atoms with van der Waals surface area (Å²) in [4.78, 5) is 14.4. The summed E-state index contributed by atoms with van der Waals surface area (Å²) in [6.07, 6.45) is 0. The van der Waals surface area contributed by atoms with Crippen LogP contribution in [0.25, 0.3) is 0 Å². The molecule has 0 radical (unpaired) electrons. The molecule has 16 heavy (non-hydrogen) atoms. The molecular formula is C10H13NO3S2. The highest BCUT2D eigenvalue weighted by molar-refractivity contribution is 8.09. The average Bonchev–Trinajstić information content (AvgIpc) is 2.71. The number of fused-ring (bicyclic) bond motifs is 1. The van der Waals surface area contributed by atoms with Crippen LogP contribution in [0, 0.1) is 0 Å². The molecule has 0 amide bonds. The smallest absolute Gasteiger partial charge is 0.347 e. The molecule has 0 aromatic heterocycles. The van der Waals surface area contributed by atoms with Gasteiger partial charge >= 0.3 is 5.97 Å². The third-order valence-electron chi connectivity index (χ3n) is 2.28. The lowest BCUT2D eigenvalue weighted by Crippen LogP contribution is -2.28. The summed E-state index contributed by atoms with van der Waals surface area (Å²) in [5.74, 6) is 0.586. The van der Waals surface area contributed by atoms with Crippen molar-refractivity contribution in [2.24, 2.45) is 0 Å². The van der Waals surface area contributed by atoms with Gasteiger partial charge < -0.3 is 14.7 Å². The van der Waals surface area contributed by atoms with Gasteiger partial charge in [0.1, 0.15) is 9.93 Å². The predicted molar refractivity (Wildman–Crippen MR) is 65.6 cm³/mol. The molecule has 0 aromatic carbocycles. The molecule has 2 rings (SSSR count). The number of aliphatic hydroxyl groups is 1. The maximum absolute atomic E-state index is 11.7. The van der Waals surface area contributed by atoms with Crippen LogP contribution in [0.5, 0.6) is 0 Å². The second-order valence-electron chi connectivity index (χ2n) is 3.24. The number of carbonyl (C=O) groups excluding carboxylic acids is 1. The van der Waals surface area contributed by atoms with Gasteiger partial charge in [-0.25, -0.2) is 4.79 Å². The number of ether oxygens (including phenoxy) is 1. The summed E-state index contributed by atoms with van der Waals surface area (Å²) >= 11 is 3.01. The molecule has 0 spiro atoms. The molecule has 0 fully saturated rings. The second kappa shape index (κ2) is 5.16. The van der Waals surface area contributed by atoms with Crippen LogP contribution >= 0.6 is 23.5 Å². The Bertz CT molecular complexity index is 365. The predicted octanol–water partition coefficient (Wildman–Crippen LogP) is 1.35. The van der Waals surface area contributed by atoms with Crippen molar-refractivity contribution < 1.29 is 14.6 Å². The molecule has 2 heterocycles. The molecule has 0 unspecified atom stereocenters. The average molecular weight is 259 g/mol. The Hall–Kier alpha value is -0.590. The van der Waals surface area contributed by atoms with Gasteiger partial charge in [-0.05, 0) is 12.3 Å². The molecule has 1 N–H and O–H groups in total. The van der Waals surface area contributed by atoms with Crippen molar-refractivity contribution in [2.45, 2.75) is 6.92 Å². The van der Waals surface area contributed by atoms with Gasteiger partial charge in [0.2, 0.25) is 0 Å². The fraction of sp³-hybridized carbons (Fsp3) is 0.500. The molecule has 6 heteroatoms. The zero-order chi connectivity index (χ0) is 11.5. The van der Waals surface area contributed by atoms with Gasteiger partial charge in [0.25, 0.3) is 0 Å². The van der Waals surface area contributed by atoms with E-state index in [4.69, 9.17) is 9.84 Å². The Kier molecular flexibility index (Phi) is 3.83. The lowest BCUT2D eigenvalue weighted by atomic mass is 10.4. The quantitative estimate of drug-likeness (QED) is 0.772. The topological polar surface area (TPSA) is 49.8 Å². The van der Waals surface area contributed by atoms with Gasteiger partial charge in [-0.15, -0.1) is 11.8 Å². The first-order valence-corrected chi connectivity index (χ1v) is 6.92. The largest absolute Gasteiger partial charge is 0.462 e. The zero-order valence-electron chi connectivity index (χ0n) is 8.93. The number of carbonyl (C=O) groups is 1. The van der Waals surface area contributed by atoms with E-state index in [2.05, 4.69) is 0 Å². The van der Waals surface area contributed by atoms with E-state index in [-0.39, 0.29) is 12.6 Å². The van der Waals surface area contributed by atoms with Gasteiger partial charge in [-0.1, -0.05) is 11.8 Å². The summed E-state index contributed by atoms with van der Waals surface area (Å²) in [6, 6.07) is 0. The minimum Gasteiger partial charge on any atom is -0.462 e. The van der Waals surface area contributed by atoms with Crippen molar-refractivity contribution in [1.29, 1.82) is 0 Å². The van der Waals surface area contributed by atoms with Crippen molar-refractivity contribution in [3.05, 3.63) is 21.0 Å². The van der Waals surface area contributed by atoms with E-state index >= 15 is 0 Å². The summed E-state index contributed by atoms with van der Waals surface area (Å²) in [5, 5.41) is 12.0. The SMILES string of the molecule is CCOC(=O)C1=C2SC=C(CO)N2CCS1. The maximum atomic E-state index is 11.7. The molecule has 88 valence electrons. The molecule has 0 saturated carbocycles. The maximum Gasteiger partial charge on any atom is 0.347 e. The molecular weight excluding hydrogens is 246 g/mol. The summed E-state index contributed by atoms with van der Waals surface area (Å²) in [5.41, 5.74) is 0.863. The number of nitrogens with zero attached hydrogens (tertiary/aromatic N) is 1. The van der Waals surface area contributed by atoms with Gasteiger partial charge in [0.15, 0.2) is 0 Å². The first-order valence-electron chi connectivity index (χ1n) is 5.06. The molecule has 0 aliphatic carbocycles. The van der Waals surface area contributed by atoms with Crippen LogP contribution < -0.4 is 0 Å². The molecule has 0 saturated heterocycles. The molecule has 2 aliphatic heterocycles. The Morgan fingerprint density at radius 1 is 1.69 bits per heavy atom. The van der Waals surface area contributed by atoms with Crippen LogP contribution in [0.15, 0.2) is 21.0 Å². The zero-order valence-corrected chi connectivity index (χ0v) is 10.6. The third-order valence-corrected chi connectivity index (χ3v) is 4.48. The minimum atomic E-state index is -0.257. The van der Waals surface area contributed by atoms with Crippen LogP contribution in [0.1, 0.15) is 6.92 Å². The fourth-order valence-electron chi connectivity index (χ4n) is 1.57. The van der Waals surface area contributed by atoms with Crippen LogP contribution in [-0.4, -0.2) is 41.5 Å². The number of aliphatic hydroxyl groups excluding tert-OH is 1. The van der Waals surface area contributed by atoms with E-state index in [1.807, 2.05) is 10.3 Å². The van der Waals surface area contributed by atoms with Crippen LogP contribution in [0.4, 0.5) is 0 Å². The lowest BCUT2D eigenvalue weighted by Gasteiger charge is -2.28. The van der Waals surface area contributed by atoms with Gasteiger partial charge in [-0.2, -0.15) is 0 Å². The Balaban J connectivity index is 2.22. The summed E-state index contributed by atoms with van der Waals surface area (Å²) < 4.78 is 5.02. The molecule has 4 nitrogen and oxygen atoms in total. The van der Waals surface area contributed by atoms with Gasteiger partial charge in [0, 0.05) is 12.3 Å². The Morgan fingerprint density at radius 3 is 3.19 bits per heavy atom. The number of thioether (sulfide) groups is 2. The van der Waals surface area contributed by atoms with Crippen molar-refractivity contribution in [2.75, 3.05) is 25.5 Å². The summed E-state index contributed by atoms with van der Waals surface area (Å²) in [7, 11) is 0. The third kappa shape index (κ3) is 2.09. The molecule has 2 aliphatic rings. The van der Waals surface area contributed by atoms with E-state index in [0.29, 0.717) is 11.5 Å². The highest BCUT2D eigenvalue weighted by Gasteiger charge is 2.31. The normalized spacial score (nSPS) is 19.6. The van der Waals surface area contributed by atoms with Crippen molar-refractivity contribution in [3.8, 4) is 0 Å². The van der Waals surface area contributed by atoms with E-state index in [1.165, 1.54) is 23.5 Å². The highest BCUT2D eigenvalue weighted by Crippen LogP contribution is 2.42. The van der Waals surface area contributed by atoms with E-state index in [0.717, 1.165) is 23.0 Å². The van der Waals surface area contributed by atoms with E-state index in [9.17, 15) is 4.79 Å². The lowest BCUT2D eigenvalue weighted by molar-refractivity contribution is -0.137. The number of esters is 1. The first-order chi connectivity index (χ1) is 7.77. The van der Waals surface area contributed by atoms with Crippen molar-refractivity contribution >= 4 is 29.5 Å². The van der Waals surface area contributed by atoms with E-state index in [1.54, 1.807) is 6.92 Å². The molecule has 0 atom stereocenters. The van der Waals surface area contributed by atoms with Crippen LogP contribution in [0.2, 0.25) is 0 Å².